The molecule has 0 bridgehead atoms. The first-order valence-corrected chi connectivity index (χ1v) is 7.27. The van der Waals surface area contributed by atoms with Gasteiger partial charge in [0, 0.05) is 18.0 Å². The summed E-state index contributed by atoms with van der Waals surface area (Å²) in [5.74, 6) is 0. The lowest BCUT2D eigenvalue weighted by molar-refractivity contribution is 0.530. The van der Waals surface area contributed by atoms with Crippen molar-refractivity contribution < 1.29 is 0 Å². The molecule has 0 saturated carbocycles. The normalized spacial score (nSPS) is 12.9. The number of aromatic nitrogens is 1. The second-order valence-electron chi connectivity index (χ2n) is 3.81. The maximum atomic E-state index is 4.63. The molecule has 2 nitrogen and oxygen atoms in total. The molecule has 2 aromatic rings. The van der Waals surface area contributed by atoms with Gasteiger partial charge in [-0.15, -0.1) is 22.7 Å². The number of thiazole rings is 1. The molecular weight excluding hydrogens is 236 g/mol. The third kappa shape index (κ3) is 2.90. The van der Waals surface area contributed by atoms with Crippen molar-refractivity contribution in [3.8, 4) is 9.88 Å². The molecule has 0 aliphatic heterocycles. The van der Waals surface area contributed by atoms with E-state index < -0.39 is 0 Å². The van der Waals surface area contributed by atoms with Crippen molar-refractivity contribution in [3.63, 3.8) is 0 Å². The summed E-state index contributed by atoms with van der Waals surface area (Å²) in [7, 11) is 0. The van der Waals surface area contributed by atoms with Crippen LogP contribution in [0.3, 0.4) is 0 Å². The Kier molecular flexibility index (Phi) is 4.09. The molecule has 4 heteroatoms. The standard InChI is InChI=1S/C12H16N2S2/c1-3-9(2)13-7-10-8-16-12(14-10)11-5-4-6-15-11/h4-6,8-9,13H,3,7H2,1-2H3. The fraction of sp³-hybridized carbons (Fsp3) is 0.417. The van der Waals surface area contributed by atoms with E-state index >= 15 is 0 Å². The zero-order valence-corrected chi connectivity index (χ0v) is 11.2. The summed E-state index contributed by atoms with van der Waals surface area (Å²) < 4.78 is 0. The summed E-state index contributed by atoms with van der Waals surface area (Å²) in [4.78, 5) is 5.89. The molecule has 0 saturated heterocycles. The lowest BCUT2D eigenvalue weighted by Crippen LogP contribution is -2.24. The molecule has 16 heavy (non-hydrogen) atoms. The van der Waals surface area contributed by atoms with Crippen LogP contribution in [0.2, 0.25) is 0 Å². The molecule has 86 valence electrons. The van der Waals surface area contributed by atoms with E-state index in [0.29, 0.717) is 6.04 Å². The Morgan fingerprint density at radius 3 is 3.00 bits per heavy atom. The number of nitrogens with zero attached hydrogens (tertiary/aromatic N) is 1. The maximum Gasteiger partial charge on any atom is 0.133 e. The molecule has 0 aliphatic rings. The van der Waals surface area contributed by atoms with Crippen LogP contribution in [0.25, 0.3) is 9.88 Å². The summed E-state index contributed by atoms with van der Waals surface area (Å²) >= 11 is 3.47. The topological polar surface area (TPSA) is 24.9 Å². The van der Waals surface area contributed by atoms with Gasteiger partial charge in [-0.25, -0.2) is 4.98 Å². The minimum atomic E-state index is 0.562. The van der Waals surface area contributed by atoms with Crippen LogP contribution in [0.4, 0.5) is 0 Å². The van der Waals surface area contributed by atoms with Gasteiger partial charge in [-0.05, 0) is 24.8 Å². The van der Waals surface area contributed by atoms with E-state index in [1.807, 2.05) is 0 Å². The van der Waals surface area contributed by atoms with Crippen molar-refractivity contribution in [2.45, 2.75) is 32.9 Å². The first kappa shape index (κ1) is 11.8. The van der Waals surface area contributed by atoms with Crippen LogP contribution in [0.5, 0.6) is 0 Å². The van der Waals surface area contributed by atoms with Crippen LogP contribution in [-0.2, 0) is 6.54 Å². The molecule has 0 fully saturated rings. The third-order valence-corrected chi connectivity index (χ3v) is 4.46. The van der Waals surface area contributed by atoms with E-state index in [9.17, 15) is 0 Å². The van der Waals surface area contributed by atoms with E-state index in [0.717, 1.165) is 23.7 Å². The minimum Gasteiger partial charge on any atom is -0.309 e. The van der Waals surface area contributed by atoms with Crippen molar-refractivity contribution in [2.24, 2.45) is 0 Å². The van der Waals surface area contributed by atoms with E-state index in [4.69, 9.17) is 0 Å². The van der Waals surface area contributed by atoms with Crippen molar-refractivity contribution in [2.75, 3.05) is 0 Å². The highest BCUT2D eigenvalue weighted by molar-refractivity contribution is 7.20. The molecule has 0 aromatic carbocycles. The van der Waals surface area contributed by atoms with Crippen molar-refractivity contribution in [1.29, 1.82) is 0 Å². The van der Waals surface area contributed by atoms with Crippen LogP contribution in [0.1, 0.15) is 26.0 Å². The predicted octanol–water partition coefficient (Wildman–Crippen LogP) is 3.76. The Morgan fingerprint density at radius 2 is 2.31 bits per heavy atom. The second-order valence-corrected chi connectivity index (χ2v) is 5.62. The van der Waals surface area contributed by atoms with E-state index in [2.05, 4.69) is 47.0 Å². The Labute approximate surface area is 104 Å². The molecule has 0 spiro atoms. The fourth-order valence-electron chi connectivity index (χ4n) is 1.32. The van der Waals surface area contributed by atoms with Crippen LogP contribution in [0.15, 0.2) is 22.9 Å². The third-order valence-electron chi connectivity index (χ3n) is 2.53. The highest BCUT2D eigenvalue weighted by Gasteiger charge is 2.06. The number of nitrogens with one attached hydrogen (secondary N) is 1. The van der Waals surface area contributed by atoms with E-state index in [1.54, 1.807) is 22.7 Å². The van der Waals surface area contributed by atoms with Crippen molar-refractivity contribution in [3.05, 3.63) is 28.6 Å². The Hall–Kier alpha value is -0.710. The van der Waals surface area contributed by atoms with Gasteiger partial charge in [0.05, 0.1) is 10.6 Å². The van der Waals surface area contributed by atoms with Crippen molar-refractivity contribution in [1.82, 2.24) is 10.3 Å². The lowest BCUT2D eigenvalue weighted by Gasteiger charge is -2.08. The molecule has 0 aliphatic carbocycles. The highest BCUT2D eigenvalue weighted by Crippen LogP contribution is 2.27. The zero-order valence-electron chi connectivity index (χ0n) is 9.56. The quantitative estimate of drug-likeness (QED) is 0.876. The van der Waals surface area contributed by atoms with Gasteiger partial charge in [-0.1, -0.05) is 13.0 Å². The number of hydrogen-bond donors (Lipinski definition) is 1. The van der Waals surface area contributed by atoms with Gasteiger partial charge in [-0.2, -0.15) is 0 Å². The number of rotatable bonds is 5. The first-order valence-electron chi connectivity index (χ1n) is 5.51. The van der Waals surface area contributed by atoms with E-state index in [1.165, 1.54) is 4.88 Å². The van der Waals surface area contributed by atoms with E-state index in [-0.39, 0.29) is 0 Å². The maximum absolute atomic E-state index is 4.63. The number of thiophene rings is 1. The molecule has 2 heterocycles. The fourth-order valence-corrected chi connectivity index (χ4v) is 2.96. The van der Waals surface area contributed by atoms with Crippen LogP contribution < -0.4 is 5.32 Å². The largest absolute Gasteiger partial charge is 0.309 e. The predicted molar refractivity (Wildman–Crippen MR) is 72.0 cm³/mol. The molecule has 2 rings (SSSR count). The van der Waals surface area contributed by atoms with Crippen LogP contribution >= 0.6 is 22.7 Å². The molecule has 2 aromatic heterocycles. The molecule has 1 N–H and O–H groups in total. The van der Waals surface area contributed by atoms with Gasteiger partial charge < -0.3 is 5.32 Å². The van der Waals surface area contributed by atoms with Gasteiger partial charge in [0.25, 0.3) is 0 Å². The Balaban J connectivity index is 1.98. The van der Waals surface area contributed by atoms with Crippen LogP contribution in [-0.4, -0.2) is 11.0 Å². The van der Waals surface area contributed by atoms with Gasteiger partial charge in [0.2, 0.25) is 0 Å². The SMILES string of the molecule is CCC(C)NCc1csc(-c2cccs2)n1. The summed E-state index contributed by atoms with van der Waals surface area (Å²) in [5.41, 5.74) is 1.15. The monoisotopic (exact) mass is 252 g/mol. The van der Waals surface area contributed by atoms with Crippen molar-refractivity contribution >= 4 is 22.7 Å². The average Bonchev–Trinajstić information content (AvgIpc) is 2.95. The number of hydrogen-bond acceptors (Lipinski definition) is 4. The summed E-state index contributed by atoms with van der Waals surface area (Å²) in [6, 6.07) is 4.75. The summed E-state index contributed by atoms with van der Waals surface area (Å²) in [6.45, 7) is 5.26. The van der Waals surface area contributed by atoms with Gasteiger partial charge in [-0.3, -0.25) is 0 Å². The van der Waals surface area contributed by atoms with Gasteiger partial charge in [0.1, 0.15) is 5.01 Å². The lowest BCUT2D eigenvalue weighted by atomic mass is 10.2. The molecular formula is C12H16N2S2. The summed E-state index contributed by atoms with van der Waals surface area (Å²) in [6.07, 6.45) is 1.15. The highest BCUT2D eigenvalue weighted by atomic mass is 32.1. The first-order chi connectivity index (χ1) is 7.79. The average molecular weight is 252 g/mol. The van der Waals surface area contributed by atoms with Crippen LogP contribution in [0, 0.1) is 0 Å². The molecule has 1 unspecified atom stereocenters. The second kappa shape index (κ2) is 5.57. The summed E-state index contributed by atoms with van der Waals surface area (Å²) in [5, 5.41) is 8.82. The zero-order chi connectivity index (χ0) is 11.4. The molecule has 1 atom stereocenters. The molecule has 0 radical (unpaired) electrons. The minimum absolute atomic E-state index is 0.562. The Morgan fingerprint density at radius 1 is 1.44 bits per heavy atom. The smallest absolute Gasteiger partial charge is 0.133 e. The van der Waals surface area contributed by atoms with Gasteiger partial charge in [0.15, 0.2) is 0 Å². The van der Waals surface area contributed by atoms with Gasteiger partial charge >= 0.3 is 0 Å². The molecule has 0 amide bonds. The Bertz CT molecular complexity index is 420.